The van der Waals surface area contributed by atoms with Gasteiger partial charge in [-0.3, -0.25) is 0 Å². The Kier molecular flexibility index (Phi) is 4.52. The molecule has 1 unspecified atom stereocenters. The molecule has 0 aliphatic carbocycles. The van der Waals surface area contributed by atoms with E-state index < -0.39 is 5.60 Å². The number of hydrogen-bond donors (Lipinski definition) is 0. The van der Waals surface area contributed by atoms with Crippen molar-refractivity contribution in [1.29, 1.82) is 0 Å². The minimum atomic E-state index is -0.460. The summed E-state index contributed by atoms with van der Waals surface area (Å²) in [6.45, 7) is 8.60. The molecule has 5 nitrogen and oxygen atoms in total. The Hall–Kier alpha value is -2.04. The number of ether oxygens (including phenoxy) is 1. The van der Waals surface area contributed by atoms with Crippen molar-refractivity contribution in [3.05, 3.63) is 35.8 Å². The molecule has 0 aromatic carbocycles. The van der Waals surface area contributed by atoms with Crippen LogP contribution < -0.4 is 0 Å². The molecule has 1 aliphatic rings. The average Bonchev–Trinajstić information content (AvgIpc) is 2.83. The zero-order chi connectivity index (χ0) is 17.3. The van der Waals surface area contributed by atoms with Gasteiger partial charge in [-0.1, -0.05) is 6.07 Å². The van der Waals surface area contributed by atoms with Crippen molar-refractivity contribution in [1.82, 2.24) is 14.3 Å². The van der Waals surface area contributed by atoms with Gasteiger partial charge in [0.15, 0.2) is 0 Å². The molecule has 1 atom stereocenters. The first-order valence-electron chi connectivity index (χ1n) is 8.77. The Morgan fingerprint density at radius 3 is 2.83 bits per heavy atom. The van der Waals surface area contributed by atoms with Gasteiger partial charge in [-0.15, -0.1) is 0 Å². The van der Waals surface area contributed by atoms with Crippen molar-refractivity contribution >= 4 is 11.7 Å². The van der Waals surface area contributed by atoms with E-state index in [1.807, 2.05) is 50.1 Å². The van der Waals surface area contributed by atoms with Gasteiger partial charge < -0.3 is 14.0 Å². The minimum Gasteiger partial charge on any atom is -0.444 e. The van der Waals surface area contributed by atoms with Crippen LogP contribution in [0.5, 0.6) is 0 Å². The number of piperidine rings is 1. The lowest BCUT2D eigenvalue weighted by Gasteiger charge is -2.36. The topological polar surface area (TPSA) is 46.8 Å². The molecule has 1 saturated heterocycles. The number of nitrogens with zero attached hydrogens (tertiary/aromatic N) is 3. The summed E-state index contributed by atoms with van der Waals surface area (Å²) in [6, 6.07) is 6.19. The maximum Gasteiger partial charge on any atom is 0.410 e. The summed E-state index contributed by atoms with van der Waals surface area (Å²) in [5, 5.41) is 0. The van der Waals surface area contributed by atoms with Crippen LogP contribution in [0.1, 0.15) is 51.4 Å². The smallest absolute Gasteiger partial charge is 0.410 e. The number of aromatic nitrogens is 2. The van der Waals surface area contributed by atoms with E-state index in [0.717, 1.165) is 49.3 Å². The fraction of sp³-hybridized carbons (Fsp3) is 0.579. The third-order valence-electron chi connectivity index (χ3n) is 4.55. The SMILES string of the molecule is Cc1c(CC2CCCCN2C(=O)OC(C)(C)C)nc2ccccn12. The van der Waals surface area contributed by atoms with Crippen LogP contribution in [0.3, 0.4) is 0 Å². The van der Waals surface area contributed by atoms with E-state index in [1.54, 1.807) is 0 Å². The van der Waals surface area contributed by atoms with Crippen LogP contribution in [0.25, 0.3) is 5.65 Å². The molecule has 0 bridgehead atoms. The summed E-state index contributed by atoms with van der Waals surface area (Å²) in [5.74, 6) is 0. The lowest BCUT2D eigenvalue weighted by Crippen LogP contribution is -2.47. The predicted octanol–water partition coefficient (Wildman–Crippen LogP) is 3.97. The molecule has 2 aromatic rings. The fourth-order valence-electron chi connectivity index (χ4n) is 3.36. The first kappa shape index (κ1) is 16.8. The van der Waals surface area contributed by atoms with E-state index in [2.05, 4.69) is 11.3 Å². The van der Waals surface area contributed by atoms with Crippen molar-refractivity contribution in [2.45, 2.75) is 65.0 Å². The molecular formula is C19H27N3O2. The van der Waals surface area contributed by atoms with Gasteiger partial charge in [0.1, 0.15) is 11.2 Å². The Labute approximate surface area is 143 Å². The highest BCUT2D eigenvalue weighted by Gasteiger charge is 2.31. The highest BCUT2D eigenvalue weighted by atomic mass is 16.6. The van der Waals surface area contributed by atoms with Crippen LogP contribution in [-0.4, -0.2) is 38.6 Å². The van der Waals surface area contributed by atoms with Gasteiger partial charge in [0.05, 0.1) is 5.69 Å². The largest absolute Gasteiger partial charge is 0.444 e. The molecule has 1 aliphatic heterocycles. The Morgan fingerprint density at radius 2 is 2.12 bits per heavy atom. The molecule has 1 fully saturated rings. The summed E-state index contributed by atoms with van der Waals surface area (Å²) in [5.41, 5.74) is 2.73. The molecule has 1 amide bonds. The van der Waals surface area contributed by atoms with E-state index in [4.69, 9.17) is 9.72 Å². The number of carbonyl (C=O) groups is 1. The standard InChI is InChI=1S/C19H27N3O2/c1-14-16(20-17-10-6-8-11-21(14)17)13-15-9-5-7-12-22(15)18(23)24-19(2,3)4/h6,8,10-11,15H,5,7,9,12-13H2,1-4H3. The molecule has 3 rings (SSSR count). The number of amides is 1. The van der Waals surface area contributed by atoms with Gasteiger partial charge in [0, 0.05) is 30.9 Å². The van der Waals surface area contributed by atoms with Crippen molar-refractivity contribution in [2.75, 3.05) is 6.54 Å². The normalized spacial score (nSPS) is 18.8. The van der Waals surface area contributed by atoms with E-state index in [9.17, 15) is 4.79 Å². The lowest BCUT2D eigenvalue weighted by molar-refractivity contribution is 0.00984. The second kappa shape index (κ2) is 6.46. The summed E-state index contributed by atoms with van der Waals surface area (Å²) >= 11 is 0. The van der Waals surface area contributed by atoms with Gasteiger partial charge >= 0.3 is 6.09 Å². The molecule has 24 heavy (non-hydrogen) atoms. The number of carbonyl (C=O) groups excluding carboxylic acids is 1. The summed E-state index contributed by atoms with van der Waals surface area (Å²) in [6.07, 6.45) is 5.82. The number of pyridine rings is 1. The number of rotatable bonds is 2. The third-order valence-corrected chi connectivity index (χ3v) is 4.55. The zero-order valence-corrected chi connectivity index (χ0v) is 15.1. The molecule has 5 heteroatoms. The Bertz CT molecular complexity index is 730. The molecule has 3 heterocycles. The van der Waals surface area contributed by atoms with Crippen LogP contribution in [0.2, 0.25) is 0 Å². The van der Waals surface area contributed by atoms with Gasteiger partial charge in [0.2, 0.25) is 0 Å². The van der Waals surface area contributed by atoms with Crippen LogP contribution in [0, 0.1) is 6.92 Å². The monoisotopic (exact) mass is 329 g/mol. The Balaban J connectivity index is 1.80. The second-order valence-corrected chi connectivity index (χ2v) is 7.60. The maximum absolute atomic E-state index is 12.5. The molecule has 130 valence electrons. The average molecular weight is 329 g/mol. The van der Waals surface area contributed by atoms with Gasteiger partial charge in [-0.25, -0.2) is 9.78 Å². The van der Waals surface area contributed by atoms with Gasteiger partial charge in [-0.05, 0) is 59.1 Å². The van der Waals surface area contributed by atoms with Gasteiger partial charge in [-0.2, -0.15) is 0 Å². The number of fused-ring (bicyclic) bond motifs is 1. The van der Waals surface area contributed by atoms with E-state index >= 15 is 0 Å². The molecule has 0 N–H and O–H groups in total. The molecule has 0 saturated carbocycles. The van der Waals surface area contributed by atoms with E-state index in [-0.39, 0.29) is 12.1 Å². The molecule has 0 spiro atoms. The van der Waals surface area contributed by atoms with E-state index in [0.29, 0.717) is 0 Å². The fourth-order valence-corrected chi connectivity index (χ4v) is 3.36. The number of hydrogen-bond acceptors (Lipinski definition) is 3. The van der Waals surface area contributed by atoms with Crippen LogP contribution >= 0.6 is 0 Å². The zero-order valence-electron chi connectivity index (χ0n) is 15.1. The first-order valence-corrected chi connectivity index (χ1v) is 8.77. The second-order valence-electron chi connectivity index (χ2n) is 7.60. The quantitative estimate of drug-likeness (QED) is 0.837. The predicted molar refractivity (Wildman–Crippen MR) is 94.2 cm³/mol. The van der Waals surface area contributed by atoms with Crippen LogP contribution in [-0.2, 0) is 11.2 Å². The van der Waals surface area contributed by atoms with Crippen molar-refractivity contribution in [2.24, 2.45) is 0 Å². The van der Waals surface area contributed by atoms with Crippen molar-refractivity contribution in [3.8, 4) is 0 Å². The van der Waals surface area contributed by atoms with E-state index in [1.165, 1.54) is 0 Å². The lowest BCUT2D eigenvalue weighted by atomic mass is 9.98. The summed E-state index contributed by atoms with van der Waals surface area (Å²) < 4.78 is 7.70. The first-order chi connectivity index (χ1) is 11.3. The maximum atomic E-state index is 12.5. The van der Waals surface area contributed by atoms with Crippen LogP contribution in [0.4, 0.5) is 4.79 Å². The van der Waals surface area contributed by atoms with Crippen molar-refractivity contribution < 1.29 is 9.53 Å². The molecule has 0 radical (unpaired) electrons. The highest BCUT2D eigenvalue weighted by Crippen LogP contribution is 2.24. The number of likely N-dealkylation sites (tertiary alicyclic amines) is 1. The van der Waals surface area contributed by atoms with Crippen LogP contribution in [0.15, 0.2) is 24.4 Å². The molecular weight excluding hydrogens is 302 g/mol. The minimum absolute atomic E-state index is 0.164. The number of imidazole rings is 1. The summed E-state index contributed by atoms with van der Waals surface area (Å²) in [7, 11) is 0. The summed E-state index contributed by atoms with van der Waals surface area (Å²) in [4.78, 5) is 19.2. The molecule has 2 aromatic heterocycles. The van der Waals surface area contributed by atoms with Crippen molar-refractivity contribution in [3.63, 3.8) is 0 Å². The Morgan fingerprint density at radius 1 is 1.33 bits per heavy atom. The number of aryl methyl sites for hydroxylation is 1. The third kappa shape index (κ3) is 3.55. The highest BCUT2D eigenvalue weighted by molar-refractivity contribution is 5.68. The van der Waals surface area contributed by atoms with Gasteiger partial charge in [0.25, 0.3) is 0 Å².